The first-order valence-corrected chi connectivity index (χ1v) is 6.67. The molecule has 0 amide bonds. The summed E-state index contributed by atoms with van der Waals surface area (Å²) in [5.74, 6) is -0.0638. The predicted molar refractivity (Wildman–Crippen MR) is 61.1 cm³/mol. The van der Waals surface area contributed by atoms with Gasteiger partial charge in [-0.05, 0) is 31.2 Å². The van der Waals surface area contributed by atoms with Gasteiger partial charge in [-0.1, -0.05) is 0 Å². The molecule has 0 aliphatic rings. The largest absolute Gasteiger partial charge is 0.484 e. The van der Waals surface area contributed by atoms with Crippen LogP contribution in [0.15, 0.2) is 24.3 Å². The Kier molecular flexibility index (Phi) is 4.44. The maximum Gasteiger partial charge on any atom is 0.422 e. The van der Waals surface area contributed by atoms with Crippen LogP contribution >= 0.6 is 0 Å². The Labute approximate surface area is 103 Å². The second-order valence-electron chi connectivity index (χ2n) is 3.43. The summed E-state index contributed by atoms with van der Waals surface area (Å²) in [6.07, 6.45) is -4.40. The Hall–Kier alpha value is -1.44. The third kappa shape index (κ3) is 5.26. The molecule has 0 aromatic heterocycles. The van der Waals surface area contributed by atoms with Gasteiger partial charge in [0.25, 0.3) is 0 Å². The van der Waals surface area contributed by atoms with Gasteiger partial charge in [-0.15, -0.1) is 0 Å². The molecule has 1 aromatic rings. The number of ether oxygens (including phenoxy) is 1. The number of benzene rings is 1. The number of anilines is 1. The number of nitrogens with one attached hydrogen (secondary N) is 1. The lowest BCUT2D eigenvalue weighted by atomic mass is 10.3. The number of sulfonamides is 1. The highest BCUT2D eigenvalue weighted by molar-refractivity contribution is 7.92. The van der Waals surface area contributed by atoms with E-state index in [0.717, 1.165) is 0 Å². The molecule has 1 aromatic carbocycles. The minimum Gasteiger partial charge on any atom is -0.484 e. The van der Waals surface area contributed by atoms with Gasteiger partial charge in [0.2, 0.25) is 10.0 Å². The van der Waals surface area contributed by atoms with E-state index in [1.54, 1.807) is 0 Å². The molecule has 0 bridgehead atoms. The Balaban J connectivity index is 2.63. The van der Waals surface area contributed by atoms with Crippen molar-refractivity contribution in [1.82, 2.24) is 0 Å². The van der Waals surface area contributed by atoms with E-state index in [0.29, 0.717) is 0 Å². The molecule has 0 radical (unpaired) electrons. The maximum atomic E-state index is 11.9. The monoisotopic (exact) mass is 283 g/mol. The molecule has 0 spiro atoms. The molecule has 1 rings (SSSR count). The van der Waals surface area contributed by atoms with Gasteiger partial charge in [0.15, 0.2) is 6.61 Å². The van der Waals surface area contributed by atoms with Crippen molar-refractivity contribution in [2.45, 2.75) is 13.1 Å². The fraction of sp³-hybridized carbons (Fsp3) is 0.400. The van der Waals surface area contributed by atoms with E-state index in [-0.39, 0.29) is 17.2 Å². The summed E-state index contributed by atoms with van der Waals surface area (Å²) in [6, 6.07) is 5.19. The first kappa shape index (κ1) is 14.6. The average molecular weight is 283 g/mol. The van der Waals surface area contributed by atoms with Crippen LogP contribution in [0.4, 0.5) is 18.9 Å². The van der Waals surface area contributed by atoms with Gasteiger partial charge in [0, 0.05) is 5.69 Å². The van der Waals surface area contributed by atoms with Crippen LogP contribution in [0.2, 0.25) is 0 Å². The van der Waals surface area contributed by atoms with Gasteiger partial charge in [-0.25, -0.2) is 8.42 Å². The minimum absolute atomic E-state index is 0.0202. The van der Waals surface area contributed by atoms with Crippen molar-refractivity contribution in [3.05, 3.63) is 24.3 Å². The molecule has 0 saturated carbocycles. The molecule has 18 heavy (non-hydrogen) atoms. The molecule has 0 aliphatic heterocycles. The highest BCUT2D eigenvalue weighted by atomic mass is 32.2. The van der Waals surface area contributed by atoms with Crippen molar-refractivity contribution in [2.24, 2.45) is 0 Å². The Morgan fingerprint density at radius 1 is 1.22 bits per heavy atom. The molecule has 1 N–H and O–H groups in total. The smallest absolute Gasteiger partial charge is 0.422 e. The molecule has 0 fully saturated rings. The molecular formula is C10H12F3NO3S. The maximum absolute atomic E-state index is 11.9. The van der Waals surface area contributed by atoms with Crippen molar-refractivity contribution < 1.29 is 26.3 Å². The number of rotatable bonds is 5. The van der Waals surface area contributed by atoms with Crippen LogP contribution in [0.3, 0.4) is 0 Å². The highest BCUT2D eigenvalue weighted by Crippen LogP contribution is 2.20. The van der Waals surface area contributed by atoms with Crippen LogP contribution in [0, 0.1) is 0 Å². The highest BCUT2D eigenvalue weighted by Gasteiger charge is 2.28. The first-order chi connectivity index (χ1) is 8.22. The van der Waals surface area contributed by atoms with E-state index in [1.807, 2.05) is 0 Å². The second-order valence-corrected chi connectivity index (χ2v) is 5.44. The fourth-order valence-corrected chi connectivity index (χ4v) is 1.68. The molecule has 0 aliphatic carbocycles. The van der Waals surface area contributed by atoms with E-state index in [4.69, 9.17) is 0 Å². The Morgan fingerprint density at radius 3 is 2.22 bits per heavy atom. The van der Waals surface area contributed by atoms with Gasteiger partial charge in [-0.2, -0.15) is 13.2 Å². The van der Waals surface area contributed by atoms with Crippen molar-refractivity contribution in [1.29, 1.82) is 0 Å². The zero-order valence-corrected chi connectivity index (χ0v) is 10.3. The van der Waals surface area contributed by atoms with Crippen molar-refractivity contribution in [3.63, 3.8) is 0 Å². The second kappa shape index (κ2) is 5.47. The third-order valence-corrected chi connectivity index (χ3v) is 3.22. The summed E-state index contributed by atoms with van der Waals surface area (Å²) in [4.78, 5) is 0. The zero-order valence-electron chi connectivity index (χ0n) is 9.49. The lowest BCUT2D eigenvalue weighted by molar-refractivity contribution is -0.153. The summed E-state index contributed by atoms with van der Waals surface area (Å²) in [7, 11) is -3.39. The topological polar surface area (TPSA) is 55.4 Å². The summed E-state index contributed by atoms with van der Waals surface area (Å²) >= 11 is 0. The quantitative estimate of drug-likeness (QED) is 0.902. The number of alkyl halides is 3. The summed E-state index contributed by atoms with van der Waals surface area (Å²) in [5, 5.41) is 0. The standard InChI is InChI=1S/C10H12F3NO3S/c1-2-18(15,16)14-8-3-5-9(6-4-8)17-7-10(11,12)13/h3-6,14H,2,7H2,1H3. The molecule has 0 atom stereocenters. The predicted octanol–water partition coefficient (Wildman–Crippen LogP) is 2.39. The Bertz CT molecular complexity index is 482. The van der Waals surface area contributed by atoms with Crippen LogP contribution in [0.1, 0.15) is 6.92 Å². The third-order valence-electron chi connectivity index (χ3n) is 1.91. The number of hydrogen-bond donors (Lipinski definition) is 1. The van der Waals surface area contributed by atoms with Crippen LogP contribution in [0.25, 0.3) is 0 Å². The minimum atomic E-state index is -4.40. The van der Waals surface area contributed by atoms with Crippen molar-refractivity contribution in [2.75, 3.05) is 17.1 Å². The average Bonchev–Trinajstić information content (AvgIpc) is 2.27. The number of halogens is 3. The molecule has 4 nitrogen and oxygen atoms in total. The Morgan fingerprint density at radius 2 is 1.78 bits per heavy atom. The van der Waals surface area contributed by atoms with Gasteiger partial charge < -0.3 is 4.74 Å². The zero-order chi connectivity index (χ0) is 13.8. The summed E-state index contributed by atoms with van der Waals surface area (Å²) < 4.78 is 64.8. The van der Waals surface area contributed by atoms with Crippen LogP contribution in [0.5, 0.6) is 5.75 Å². The van der Waals surface area contributed by atoms with Gasteiger partial charge in [0.05, 0.1) is 5.75 Å². The SMILES string of the molecule is CCS(=O)(=O)Nc1ccc(OCC(F)(F)F)cc1. The van der Waals surface area contributed by atoms with E-state index >= 15 is 0 Å². The number of hydrogen-bond acceptors (Lipinski definition) is 3. The van der Waals surface area contributed by atoms with Crippen molar-refractivity contribution in [3.8, 4) is 5.75 Å². The molecule has 0 heterocycles. The fourth-order valence-electron chi connectivity index (χ4n) is 1.04. The molecular weight excluding hydrogens is 271 g/mol. The molecule has 0 saturated heterocycles. The summed E-state index contributed by atoms with van der Waals surface area (Å²) in [5.41, 5.74) is 0.274. The van der Waals surface area contributed by atoms with Gasteiger partial charge >= 0.3 is 6.18 Å². The normalized spacial score (nSPS) is 12.2. The van der Waals surface area contributed by atoms with E-state index in [1.165, 1.54) is 31.2 Å². The van der Waals surface area contributed by atoms with Crippen molar-refractivity contribution >= 4 is 15.7 Å². The van der Waals surface area contributed by atoms with E-state index < -0.39 is 22.8 Å². The molecule has 0 unspecified atom stereocenters. The first-order valence-electron chi connectivity index (χ1n) is 5.02. The van der Waals surface area contributed by atoms with E-state index in [9.17, 15) is 21.6 Å². The molecule has 102 valence electrons. The molecule has 8 heteroatoms. The summed E-state index contributed by atoms with van der Waals surface area (Å²) in [6.45, 7) is 0.0934. The van der Waals surface area contributed by atoms with Crippen LogP contribution < -0.4 is 9.46 Å². The van der Waals surface area contributed by atoms with E-state index in [2.05, 4.69) is 9.46 Å². The van der Waals surface area contributed by atoms with Crippen LogP contribution in [-0.4, -0.2) is 27.0 Å². The van der Waals surface area contributed by atoms with Gasteiger partial charge in [-0.3, -0.25) is 4.72 Å². The van der Waals surface area contributed by atoms with Gasteiger partial charge in [0.1, 0.15) is 5.75 Å². The van der Waals surface area contributed by atoms with Crippen LogP contribution in [-0.2, 0) is 10.0 Å². The lowest BCUT2D eigenvalue weighted by Crippen LogP contribution is -2.19. The lowest BCUT2D eigenvalue weighted by Gasteiger charge is -2.10.